The zero-order valence-electron chi connectivity index (χ0n) is 7.78. The van der Waals surface area contributed by atoms with Gasteiger partial charge in [-0.25, -0.2) is 4.98 Å². The number of aromatic nitrogens is 1. The van der Waals surface area contributed by atoms with Gasteiger partial charge in [0.2, 0.25) is 5.88 Å². The molecule has 1 aromatic heterocycles. The van der Waals surface area contributed by atoms with Crippen molar-refractivity contribution in [1.82, 2.24) is 4.98 Å². The fraction of sp³-hybridized carbons (Fsp3) is 0.200. The minimum Gasteiger partial charge on any atom is -0.478 e. The molecule has 1 heterocycles. The van der Waals surface area contributed by atoms with Gasteiger partial charge in [-0.15, -0.1) is 0 Å². The van der Waals surface area contributed by atoms with E-state index in [4.69, 9.17) is 10.5 Å². The number of nitrogens with two attached hydrogens (primary N) is 1. The van der Waals surface area contributed by atoms with Gasteiger partial charge < -0.3 is 10.5 Å². The summed E-state index contributed by atoms with van der Waals surface area (Å²) in [5, 5.41) is 0. The number of pyridine rings is 1. The lowest BCUT2D eigenvalue weighted by Gasteiger charge is -1.99. The molecule has 2 N–H and O–H groups in total. The van der Waals surface area contributed by atoms with Crippen molar-refractivity contribution in [2.75, 3.05) is 6.61 Å². The quantitative estimate of drug-likeness (QED) is 0.683. The maximum Gasteiger partial charge on any atom is 0.293 e. The van der Waals surface area contributed by atoms with Crippen LogP contribution in [-0.4, -0.2) is 17.5 Å². The molecule has 0 radical (unpaired) electrons. The van der Waals surface area contributed by atoms with Crippen molar-refractivity contribution in [2.24, 2.45) is 5.73 Å². The van der Waals surface area contributed by atoms with Crippen LogP contribution in [0, 0.1) is 11.8 Å². The molecular weight excluding hydrogens is 180 g/mol. The fourth-order valence-electron chi connectivity index (χ4n) is 0.821. The molecule has 0 atom stereocenters. The number of ether oxygens (including phenoxy) is 1. The predicted octanol–water partition coefficient (Wildman–Crippen LogP) is 0.317. The van der Waals surface area contributed by atoms with Crippen LogP contribution in [0.3, 0.4) is 0 Å². The Morgan fingerprint density at radius 1 is 1.64 bits per heavy atom. The van der Waals surface area contributed by atoms with Gasteiger partial charge in [-0.3, -0.25) is 4.79 Å². The molecule has 0 saturated carbocycles. The molecule has 0 aliphatic carbocycles. The average molecular weight is 190 g/mol. The molecular formula is C10H10N2O2. The van der Waals surface area contributed by atoms with E-state index in [0.717, 1.165) is 0 Å². The first-order chi connectivity index (χ1) is 6.72. The van der Waals surface area contributed by atoms with Gasteiger partial charge in [0.15, 0.2) is 0 Å². The highest BCUT2D eigenvalue weighted by molar-refractivity contribution is 5.92. The minimum atomic E-state index is -0.654. The van der Waals surface area contributed by atoms with Gasteiger partial charge in [0.25, 0.3) is 5.91 Å². The second-order valence-electron chi connectivity index (χ2n) is 2.43. The van der Waals surface area contributed by atoms with Crippen LogP contribution in [0.1, 0.15) is 12.5 Å². The fourth-order valence-corrected chi connectivity index (χ4v) is 0.821. The van der Waals surface area contributed by atoms with Crippen LogP contribution in [0.2, 0.25) is 0 Å². The maximum atomic E-state index is 10.3. The summed E-state index contributed by atoms with van der Waals surface area (Å²) in [5.41, 5.74) is 5.49. The van der Waals surface area contributed by atoms with Gasteiger partial charge in [0.1, 0.15) is 0 Å². The highest BCUT2D eigenvalue weighted by Crippen LogP contribution is 2.05. The second kappa shape index (κ2) is 4.87. The number of nitrogens with zero attached hydrogens (tertiary/aromatic N) is 1. The first-order valence-corrected chi connectivity index (χ1v) is 4.12. The number of hydrogen-bond donors (Lipinski definition) is 1. The van der Waals surface area contributed by atoms with Gasteiger partial charge in [-0.1, -0.05) is 5.92 Å². The molecule has 0 spiro atoms. The Hall–Kier alpha value is -2.02. The molecule has 1 amide bonds. The van der Waals surface area contributed by atoms with Crippen molar-refractivity contribution in [3.8, 4) is 17.7 Å². The number of hydrogen-bond acceptors (Lipinski definition) is 3. The highest BCUT2D eigenvalue weighted by Gasteiger charge is 1.92. The van der Waals surface area contributed by atoms with E-state index in [1.165, 1.54) is 6.20 Å². The minimum absolute atomic E-state index is 0.539. The van der Waals surface area contributed by atoms with Crippen molar-refractivity contribution >= 4 is 5.91 Å². The lowest BCUT2D eigenvalue weighted by atomic mass is 10.3. The molecule has 0 bridgehead atoms. The summed E-state index contributed by atoms with van der Waals surface area (Å²) in [6.07, 6.45) is 1.53. The largest absolute Gasteiger partial charge is 0.478 e. The Labute approximate surface area is 82.1 Å². The summed E-state index contributed by atoms with van der Waals surface area (Å²) >= 11 is 0. The lowest BCUT2D eigenvalue weighted by Crippen LogP contribution is -2.06. The molecule has 1 aromatic rings. The lowest BCUT2D eigenvalue weighted by molar-refractivity contribution is -0.112. The summed E-state index contributed by atoms with van der Waals surface area (Å²) in [5.74, 6) is 4.68. The van der Waals surface area contributed by atoms with Crippen LogP contribution in [0.5, 0.6) is 5.88 Å². The molecule has 14 heavy (non-hydrogen) atoms. The van der Waals surface area contributed by atoms with Crippen LogP contribution in [-0.2, 0) is 4.79 Å². The Kier molecular flexibility index (Phi) is 3.50. The van der Waals surface area contributed by atoms with Gasteiger partial charge in [0, 0.05) is 23.7 Å². The highest BCUT2D eigenvalue weighted by atomic mass is 16.5. The van der Waals surface area contributed by atoms with Gasteiger partial charge in [-0.05, 0) is 13.0 Å². The molecule has 4 heteroatoms. The first kappa shape index (κ1) is 10.1. The third-order valence-electron chi connectivity index (χ3n) is 1.36. The van der Waals surface area contributed by atoms with Gasteiger partial charge >= 0.3 is 0 Å². The topological polar surface area (TPSA) is 65.2 Å². The maximum absolute atomic E-state index is 10.3. The molecule has 72 valence electrons. The average Bonchev–Trinajstić information content (AvgIpc) is 2.17. The predicted molar refractivity (Wildman–Crippen MR) is 51.5 cm³/mol. The van der Waals surface area contributed by atoms with Crippen LogP contribution < -0.4 is 10.5 Å². The van der Waals surface area contributed by atoms with E-state index in [1.54, 1.807) is 12.1 Å². The number of amides is 1. The molecule has 0 unspecified atom stereocenters. The zero-order chi connectivity index (χ0) is 10.4. The molecule has 0 aromatic carbocycles. The molecule has 1 rings (SSSR count). The van der Waals surface area contributed by atoms with Crippen molar-refractivity contribution in [3.63, 3.8) is 0 Å². The normalized spacial score (nSPS) is 8.64. The second-order valence-corrected chi connectivity index (χ2v) is 2.43. The van der Waals surface area contributed by atoms with Crippen molar-refractivity contribution in [3.05, 3.63) is 23.9 Å². The zero-order valence-corrected chi connectivity index (χ0v) is 7.78. The standard InChI is InChI=1S/C10H10N2O2/c1-2-14-10-6-4-8(7-12-10)3-5-9(11)13/h4,6-7H,2H2,1H3,(H2,11,13). The summed E-state index contributed by atoms with van der Waals surface area (Å²) in [6, 6.07) is 3.41. The van der Waals surface area contributed by atoms with E-state index in [2.05, 4.69) is 16.8 Å². The van der Waals surface area contributed by atoms with Crippen molar-refractivity contribution in [2.45, 2.75) is 6.92 Å². The number of rotatable bonds is 2. The van der Waals surface area contributed by atoms with E-state index in [0.29, 0.717) is 18.1 Å². The van der Waals surface area contributed by atoms with Crippen LogP contribution in [0.15, 0.2) is 18.3 Å². The number of carbonyl (C=O) groups excluding carboxylic acids is 1. The smallest absolute Gasteiger partial charge is 0.293 e. The Morgan fingerprint density at radius 3 is 2.93 bits per heavy atom. The van der Waals surface area contributed by atoms with Gasteiger partial charge in [0.05, 0.1) is 6.61 Å². The third kappa shape index (κ3) is 3.15. The Morgan fingerprint density at radius 2 is 2.43 bits per heavy atom. The molecule has 4 nitrogen and oxygen atoms in total. The Bertz CT molecular complexity index is 373. The SMILES string of the molecule is CCOc1ccc(C#CC(N)=O)cn1. The molecule has 0 aliphatic rings. The number of carbonyl (C=O) groups is 1. The van der Waals surface area contributed by atoms with Crippen LogP contribution in [0.25, 0.3) is 0 Å². The Balaban J connectivity index is 2.75. The van der Waals surface area contributed by atoms with E-state index in [9.17, 15) is 4.79 Å². The van der Waals surface area contributed by atoms with Crippen molar-refractivity contribution in [1.29, 1.82) is 0 Å². The summed E-state index contributed by atoms with van der Waals surface area (Å²) in [7, 11) is 0. The number of primary amides is 1. The summed E-state index contributed by atoms with van der Waals surface area (Å²) in [6.45, 7) is 2.45. The molecule has 0 saturated heterocycles. The van der Waals surface area contributed by atoms with E-state index >= 15 is 0 Å². The van der Waals surface area contributed by atoms with E-state index in [-0.39, 0.29) is 0 Å². The van der Waals surface area contributed by atoms with Crippen molar-refractivity contribution < 1.29 is 9.53 Å². The third-order valence-corrected chi connectivity index (χ3v) is 1.36. The van der Waals surface area contributed by atoms with Crippen LogP contribution in [0.4, 0.5) is 0 Å². The molecule has 0 aliphatic heterocycles. The van der Waals surface area contributed by atoms with Gasteiger partial charge in [-0.2, -0.15) is 0 Å². The van der Waals surface area contributed by atoms with E-state index < -0.39 is 5.91 Å². The van der Waals surface area contributed by atoms with E-state index in [1.807, 2.05) is 6.92 Å². The summed E-state index contributed by atoms with van der Waals surface area (Å²) in [4.78, 5) is 14.3. The molecule has 0 fully saturated rings. The summed E-state index contributed by atoms with van der Waals surface area (Å²) < 4.78 is 5.14. The van der Waals surface area contributed by atoms with Crippen LogP contribution >= 0.6 is 0 Å². The monoisotopic (exact) mass is 190 g/mol. The first-order valence-electron chi connectivity index (χ1n) is 4.12.